The van der Waals surface area contributed by atoms with Gasteiger partial charge in [-0.3, -0.25) is 37.3 Å². The standard InChI is InChI=1S/C66H128O17P2/c1-6-9-12-15-17-19-20-21-22-23-26-29-32-36-40-45-50-64(69)77-56-62(83-66(71)52-47-42-37-33-30-27-24-25-28-31-34-39-43-48-59(4)5)58-81-85(74,75)79-54-60(67)53-78-84(72,73)80-57-61(55-76-63(68)49-44-38-14-11-8-3)82-65(70)51-46-41-35-18-16-13-10-7-2/h59-62,67H,6-58H2,1-5H3,(H,72,73)(H,74,75)/t60-,61+,62+/m0/s1. The van der Waals surface area contributed by atoms with Crippen molar-refractivity contribution in [3.63, 3.8) is 0 Å². The number of ether oxygens (including phenoxy) is 4. The Balaban J connectivity index is 5.14. The van der Waals surface area contributed by atoms with E-state index in [9.17, 15) is 43.2 Å². The average molecular weight is 1260 g/mol. The molecule has 19 heteroatoms. The SMILES string of the molecule is CCCCCCCCCCCCCCCCCCC(=O)OC[C@H](COP(=O)(O)OC[C@@H](O)COP(=O)(O)OC[C@@H](COC(=O)CCCCCCC)OC(=O)CCCCCCCCCC)OC(=O)CCCCCCCCCCCCCCCC(C)C. The third kappa shape index (κ3) is 60.7. The number of unbranched alkanes of at least 4 members (excludes halogenated alkanes) is 38. The van der Waals surface area contributed by atoms with Gasteiger partial charge in [-0.2, -0.15) is 0 Å². The Kier molecular flexibility index (Phi) is 58.3. The molecule has 0 rings (SSSR count). The van der Waals surface area contributed by atoms with Gasteiger partial charge in [-0.05, 0) is 31.6 Å². The van der Waals surface area contributed by atoms with Gasteiger partial charge >= 0.3 is 39.5 Å². The number of phosphoric acid groups is 2. The molecule has 0 saturated carbocycles. The van der Waals surface area contributed by atoms with Crippen LogP contribution in [0.3, 0.4) is 0 Å². The van der Waals surface area contributed by atoms with Crippen LogP contribution in [0.25, 0.3) is 0 Å². The Morgan fingerprint density at radius 2 is 0.541 bits per heavy atom. The molecule has 5 atom stereocenters. The van der Waals surface area contributed by atoms with E-state index in [4.69, 9.17) is 37.0 Å². The van der Waals surface area contributed by atoms with Crippen LogP contribution in [-0.4, -0.2) is 96.7 Å². The van der Waals surface area contributed by atoms with E-state index in [1.165, 1.54) is 148 Å². The van der Waals surface area contributed by atoms with Gasteiger partial charge in [0.2, 0.25) is 0 Å². The Labute approximate surface area is 517 Å². The zero-order chi connectivity index (χ0) is 62.8. The first-order valence-corrected chi connectivity index (χ1v) is 37.6. The molecule has 0 spiro atoms. The van der Waals surface area contributed by atoms with Crippen molar-refractivity contribution < 1.29 is 80.2 Å². The number of phosphoric ester groups is 2. The van der Waals surface area contributed by atoms with Gasteiger partial charge in [0, 0.05) is 25.7 Å². The summed E-state index contributed by atoms with van der Waals surface area (Å²) in [7, 11) is -9.88. The molecule has 0 aliphatic heterocycles. The molecule has 17 nitrogen and oxygen atoms in total. The number of hydrogen-bond donors (Lipinski definition) is 3. The summed E-state index contributed by atoms with van der Waals surface area (Å²) < 4.78 is 67.8. The Morgan fingerprint density at radius 3 is 0.800 bits per heavy atom. The van der Waals surface area contributed by atoms with Crippen LogP contribution in [0.15, 0.2) is 0 Å². The third-order valence-electron chi connectivity index (χ3n) is 15.3. The summed E-state index contributed by atoms with van der Waals surface area (Å²) in [5.74, 6) is -1.36. The fourth-order valence-corrected chi connectivity index (χ4v) is 11.5. The highest BCUT2D eigenvalue weighted by molar-refractivity contribution is 7.47. The lowest BCUT2D eigenvalue weighted by Gasteiger charge is -2.21. The minimum Gasteiger partial charge on any atom is -0.462 e. The molecule has 0 amide bonds. The molecule has 85 heavy (non-hydrogen) atoms. The average Bonchev–Trinajstić information content (AvgIpc) is 3.58. The van der Waals surface area contributed by atoms with Gasteiger partial charge < -0.3 is 33.8 Å². The van der Waals surface area contributed by atoms with E-state index in [1.54, 1.807) is 0 Å². The van der Waals surface area contributed by atoms with Gasteiger partial charge in [0.1, 0.15) is 19.3 Å². The monoisotopic (exact) mass is 1250 g/mol. The molecular weight excluding hydrogens is 1130 g/mol. The maximum atomic E-state index is 13.0. The van der Waals surface area contributed by atoms with Crippen LogP contribution in [0.2, 0.25) is 0 Å². The number of hydrogen-bond acceptors (Lipinski definition) is 15. The van der Waals surface area contributed by atoms with Gasteiger partial charge in [0.05, 0.1) is 26.4 Å². The molecule has 2 unspecified atom stereocenters. The van der Waals surface area contributed by atoms with Gasteiger partial charge in [-0.25, -0.2) is 9.13 Å². The fraction of sp³-hybridized carbons (Fsp3) is 0.939. The minimum atomic E-state index is -4.95. The van der Waals surface area contributed by atoms with Crippen LogP contribution in [0.5, 0.6) is 0 Å². The lowest BCUT2D eigenvalue weighted by atomic mass is 10.0. The first-order chi connectivity index (χ1) is 41.0. The topological polar surface area (TPSA) is 237 Å². The molecule has 0 aromatic carbocycles. The maximum absolute atomic E-state index is 13.0. The molecule has 0 saturated heterocycles. The molecule has 504 valence electrons. The van der Waals surface area contributed by atoms with E-state index in [1.807, 2.05) is 0 Å². The second-order valence-corrected chi connectivity index (χ2v) is 27.2. The predicted octanol–water partition coefficient (Wildman–Crippen LogP) is 18.6. The molecule has 0 radical (unpaired) electrons. The Hall–Kier alpha value is -1.94. The molecular formula is C66H128O17P2. The molecule has 0 aliphatic rings. The van der Waals surface area contributed by atoms with E-state index in [-0.39, 0.29) is 25.7 Å². The van der Waals surface area contributed by atoms with Crippen molar-refractivity contribution >= 4 is 39.5 Å². The summed E-state index contributed by atoms with van der Waals surface area (Å²) in [6.45, 7) is 7.12. The number of carbonyl (C=O) groups is 4. The largest absolute Gasteiger partial charge is 0.472 e. The number of aliphatic hydroxyl groups excluding tert-OH is 1. The summed E-state index contributed by atoms with van der Waals surface area (Å²) in [6, 6.07) is 0. The Morgan fingerprint density at radius 1 is 0.318 bits per heavy atom. The Bertz CT molecular complexity index is 1650. The van der Waals surface area contributed by atoms with Crippen molar-refractivity contribution in [3.05, 3.63) is 0 Å². The number of carbonyl (C=O) groups excluding carboxylic acids is 4. The highest BCUT2D eigenvalue weighted by atomic mass is 31.2. The van der Waals surface area contributed by atoms with Crippen molar-refractivity contribution in [2.45, 2.75) is 355 Å². The molecule has 0 fully saturated rings. The van der Waals surface area contributed by atoms with Gasteiger partial charge in [0.25, 0.3) is 0 Å². The summed E-state index contributed by atoms with van der Waals surface area (Å²) in [5.41, 5.74) is 0. The van der Waals surface area contributed by atoms with Crippen molar-refractivity contribution in [1.82, 2.24) is 0 Å². The maximum Gasteiger partial charge on any atom is 0.472 e. The second kappa shape index (κ2) is 59.7. The number of esters is 4. The van der Waals surface area contributed by atoms with Crippen LogP contribution >= 0.6 is 15.6 Å². The lowest BCUT2D eigenvalue weighted by molar-refractivity contribution is -0.161. The van der Waals surface area contributed by atoms with E-state index < -0.39 is 97.5 Å². The fourth-order valence-electron chi connectivity index (χ4n) is 9.94. The van der Waals surface area contributed by atoms with Crippen LogP contribution < -0.4 is 0 Å². The van der Waals surface area contributed by atoms with E-state index in [2.05, 4.69) is 34.6 Å². The molecule has 0 aromatic heterocycles. The van der Waals surface area contributed by atoms with Crippen LogP contribution in [0, 0.1) is 5.92 Å². The van der Waals surface area contributed by atoms with Crippen molar-refractivity contribution in [1.29, 1.82) is 0 Å². The van der Waals surface area contributed by atoms with Crippen LogP contribution in [0.4, 0.5) is 0 Å². The third-order valence-corrected chi connectivity index (χ3v) is 17.2. The summed E-state index contributed by atoms with van der Waals surface area (Å²) in [5, 5.41) is 10.5. The smallest absolute Gasteiger partial charge is 0.462 e. The first kappa shape index (κ1) is 83.1. The normalized spacial score (nSPS) is 14.2. The minimum absolute atomic E-state index is 0.104. The van der Waals surface area contributed by atoms with E-state index in [0.717, 1.165) is 109 Å². The number of aliphatic hydroxyl groups is 1. The van der Waals surface area contributed by atoms with E-state index >= 15 is 0 Å². The molecule has 0 bridgehead atoms. The van der Waals surface area contributed by atoms with Crippen molar-refractivity contribution in [2.75, 3.05) is 39.6 Å². The van der Waals surface area contributed by atoms with Crippen LogP contribution in [0.1, 0.15) is 336 Å². The number of rotatable bonds is 66. The summed E-state index contributed by atoms with van der Waals surface area (Å²) >= 11 is 0. The highest BCUT2D eigenvalue weighted by Gasteiger charge is 2.30. The van der Waals surface area contributed by atoms with Crippen molar-refractivity contribution in [3.8, 4) is 0 Å². The van der Waals surface area contributed by atoms with Gasteiger partial charge in [-0.15, -0.1) is 0 Å². The quantitative estimate of drug-likeness (QED) is 0.0222. The highest BCUT2D eigenvalue weighted by Crippen LogP contribution is 2.45. The van der Waals surface area contributed by atoms with Crippen molar-refractivity contribution in [2.24, 2.45) is 5.92 Å². The summed E-state index contributed by atoms with van der Waals surface area (Å²) in [6.07, 6.45) is 44.9. The predicted molar refractivity (Wildman–Crippen MR) is 340 cm³/mol. The molecule has 0 aliphatic carbocycles. The first-order valence-electron chi connectivity index (χ1n) is 34.6. The van der Waals surface area contributed by atoms with Gasteiger partial charge in [0.15, 0.2) is 12.2 Å². The lowest BCUT2D eigenvalue weighted by Crippen LogP contribution is -2.30. The summed E-state index contributed by atoms with van der Waals surface area (Å²) in [4.78, 5) is 72.0. The zero-order valence-corrected chi connectivity index (χ0v) is 56.5. The van der Waals surface area contributed by atoms with E-state index in [0.29, 0.717) is 25.7 Å². The zero-order valence-electron chi connectivity index (χ0n) is 54.7. The van der Waals surface area contributed by atoms with Crippen LogP contribution in [-0.2, 0) is 65.4 Å². The molecule has 0 aromatic rings. The molecule has 3 N–H and O–H groups in total. The van der Waals surface area contributed by atoms with Gasteiger partial charge in [-0.1, -0.05) is 285 Å². The second-order valence-electron chi connectivity index (χ2n) is 24.3. The molecule has 0 heterocycles.